The summed E-state index contributed by atoms with van der Waals surface area (Å²) in [5.74, 6) is 0.543. The predicted molar refractivity (Wildman–Crippen MR) is 82.2 cm³/mol. The number of nitrogens with zero attached hydrogens (tertiary/aromatic N) is 2. The summed E-state index contributed by atoms with van der Waals surface area (Å²) >= 11 is 3.48. The van der Waals surface area contributed by atoms with Crippen molar-refractivity contribution in [3.05, 3.63) is 57.8 Å². The van der Waals surface area contributed by atoms with Crippen molar-refractivity contribution in [3.8, 4) is 0 Å². The van der Waals surface area contributed by atoms with E-state index >= 15 is 0 Å². The molecule has 3 aromatic rings. The Labute approximate surface area is 130 Å². The van der Waals surface area contributed by atoms with Crippen LogP contribution < -0.4 is 5.32 Å². The number of pyridine rings is 1. The number of fused-ring (bicyclic) bond motifs is 1. The molecule has 0 aliphatic carbocycles. The van der Waals surface area contributed by atoms with Crippen LogP contribution in [-0.4, -0.2) is 15.3 Å². The number of carbonyl (C=O) groups is 1. The van der Waals surface area contributed by atoms with Gasteiger partial charge in [-0.1, -0.05) is 0 Å². The molecule has 1 amide bonds. The van der Waals surface area contributed by atoms with Gasteiger partial charge in [-0.15, -0.1) is 0 Å². The number of nitrogens with one attached hydrogen (secondary N) is 1. The Kier molecular flexibility index (Phi) is 3.55. The second kappa shape index (κ2) is 5.37. The third-order valence-corrected chi connectivity index (χ3v) is 3.79. The minimum Gasteiger partial charge on any atom is -0.467 e. The molecule has 3 heterocycles. The summed E-state index contributed by atoms with van der Waals surface area (Å²) in [4.78, 5) is 16.9. The molecule has 0 spiro atoms. The first-order valence-corrected chi connectivity index (χ1v) is 7.31. The van der Waals surface area contributed by atoms with Crippen LogP contribution in [0.3, 0.4) is 0 Å². The van der Waals surface area contributed by atoms with Gasteiger partial charge in [0.25, 0.3) is 5.91 Å². The SMILES string of the molecule is Cc1cc(Br)c2nc(C)c(C(=O)NCc3ccco3)n2c1. The molecule has 0 atom stereocenters. The quantitative estimate of drug-likeness (QED) is 0.791. The summed E-state index contributed by atoms with van der Waals surface area (Å²) in [6.07, 6.45) is 3.49. The van der Waals surface area contributed by atoms with E-state index in [-0.39, 0.29) is 5.91 Å². The number of rotatable bonds is 3. The molecule has 0 aliphatic heterocycles. The van der Waals surface area contributed by atoms with Crippen LogP contribution in [0.2, 0.25) is 0 Å². The van der Waals surface area contributed by atoms with Crippen LogP contribution in [0.4, 0.5) is 0 Å². The number of halogens is 1. The zero-order valence-corrected chi connectivity index (χ0v) is 13.3. The van der Waals surface area contributed by atoms with Crippen molar-refractivity contribution in [3.63, 3.8) is 0 Å². The van der Waals surface area contributed by atoms with Gasteiger partial charge in [0.05, 0.1) is 23.0 Å². The molecule has 0 radical (unpaired) electrons. The zero-order chi connectivity index (χ0) is 15.0. The topological polar surface area (TPSA) is 59.5 Å². The van der Waals surface area contributed by atoms with E-state index in [1.807, 2.05) is 36.6 Å². The lowest BCUT2D eigenvalue weighted by molar-refractivity contribution is 0.0941. The fourth-order valence-electron chi connectivity index (χ4n) is 2.28. The maximum Gasteiger partial charge on any atom is 0.270 e. The van der Waals surface area contributed by atoms with Crippen molar-refractivity contribution in [2.24, 2.45) is 0 Å². The molecule has 6 heteroatoms. The van der Waals surface area contributed by atoms with Gasteiger partial charge in [-0.05, 0) is 53.5 Å². The van der Waals surface area contributed by atoms with Crippen LogP contribution in [0, 0.1) is 13.8 Å². The van der Waals surface area contributed by atoms with Crippen LogP contribution in [0.1, 0.15) is 27.5 Å². The molecular formula is C15H14BrN3O2. The fourth-order valence-corrected chi connectivity index (χ4v) is 2.92. The Bertz CT molecular complexity index is 806. The van der Waals surface area contributed by atoms with E-state index in [1.165, 1.54) is 0 Å². The molecule has 1 N–H and O–H groups in total. The molecule has 0 fully saturated rings. The van der Waals surface area contributed by atoms with Crippen molar-refractivity contribution >= 4 is 27.5 Å². The molecule has 3 rings (SSSR count). The molecule has 0 aromatic carbocycles. The lowest BCUT2D eigenvalue weighted by Crippen LogP contribution is -2.24. The van der Waals surface area contributed by atoms with Crippen LogP contribution in [-0.2, 0) is 6.54 Å². The van der Waals surface area contributed by atoms with Gasteiger partial charge in [0.1, 0.15) is 11.5 Å². The average molecular weight is 348 g/mol. The monoisotopic (exact) mass is 347 g/mol. The Morgan fingerprint density at radius 1 is 1.48 bits per heavy atom. The number of hydrogen-bond donors (Lipinski definition) is 1. The highest BCUT2D eigenvalue weighted by Gasteiger charge is 2.18. The van der Waals surface area contributed by atoms with Crippen molar-refractivity contribution in [1.29, 1.82) is 0 Å². The molecule has 108 valence electrons. The van der Waals surface area contributed by atoms with Crippen LogP contribution in [0.25, 0.3) is 5.65 Å². The third kappa shape index (κ3) is 2.58. The number of imidazole rings is 1. The van der Waals surface area contributed by atoms with E-state index in [9.17, 15) is 4.79 Å². The zero-order valence-electron chi connectivity index (χ0n) is 11.7. The highest BCUT2D eigenvalue weighted by Crippen LogP contribution is 2.22. The third-order valence-electron chi connectivity index (χ3n) is 3.20. The van der Waals surface area contributed by atoms with Crippen LogP contribution >= 0.6 is 15.9 Å². The highest BCUT2D eigenvalue weighted by atomic mass is 79.9. The van der Waals surface area contributed by atoms with Crippen molar-refractivity contribution in [2.75, 3.05) is 0 Å². The maximum atomic E-state index is 12.4. The first kappa shape index (κ1) is 13.9. The van der Waals surface area contributed by atoms with E-state index in [2.05, 4.69) is 26.2 Å². The number of carbonyl (C=O) groups excluding carboxylic acids is 1. The summed E-state index contributed by atoms with van der Waals surface area (Å²) < 4.78 is 7.90. The molecule has 0 saturated carbocycles. The van der Waals surface area contributed by atoms with Crippen LogP contribution in [0.5, 0.6) is 0 Å². The van der Waals surface area contributed by atoms with Gasteiger partial charge >= 0.3 is 0 Å². The van der Waals surface area contributed by atoms with E-state index in [4.69, 9.17) is 4.42 Å². The minimum absolute atomic E-state index is 0.172. The Morgan fingerprint density at radius 2 is 2.29 bits per heavy atom. The second-order valence-corrected chi connectivity index (χ2v) is 5.72. The fraction of sp³-hybridized carbons (Fsp3) is 0.200. The Hall–Kier alpha value is -2.08. The van der Waals surface area contributed by atoms with Crippen molar-refractivity contribution in [1.82, 2.24) is 14.7 Å². The number of amides is 1. The molecule has 0 saturated heterocycles. The first-order valence-electron chi connectivity index (χ1n) is 6.51. The molecule has 5 nitrogen and oxygen atoms in total. The molecule has 0 bridgehead atoms. The molecule has 0 unspecified atom stereocenters. The van der Waals surface area contributed by atoms with E-state index < -0.39 is 0 Å². The summed E-state index contributed by atoms with van der Waals surface area (Å²) in [6, 6.07) is 5.59. The van der Waals surface area contributed by atoms with E-state index in [0.29, 0.717) is 23.7 Å². The van der Waals surface area contributed by atoms with E-state index in [1.54, 1.807) is 12.3 Å². The standard InChI is InChI=1S/C15H14BrN3O2/c1-9-6-12(16)14-18-10(2)13(19(14)8-9)15(20)17-7-11-4-3-5-21-11/h3-6,8H,7H2,1-2H3,(H,17,20). The minimum atomic E-state index is -0.172. The number of furan rings is 1. The maximum absolute atomic E-state index is 12.4. The summed E-state index contributed by atoms with van der Waals surface area (Å²) in [5, 5.41) is 2.85. The Balaban J connectivity index is 1.95. The lowest BCUT2D eigenvalue weighted by atomic mass is 10.3. The smallest absolute Gasteiger partial charge is 0.270 e. The molecule has 3 aromatic heterocycles. The second-order valence-electron chi connectivity index (χ2n) is 4.87. The van der Waals surface area contributed by atoms with Crippen molar-refractivity contribution < 1.29 is 9.21 Å². The number of aryl methyl sites for hydroxylation is 2. The van der Waals surface area contributed by atoms with Gasteiger partial charge in [0, 0.05) is 6.20 Å². The van der Waals surface area contributed by atoms with E-state index in [0.717, 1.165) is 15.7 Å². The van der Waals surface area contributed by atoms with Gasteiger partial charge in [-0.2, -0.15) is 0 Å². The summed E-state index contributed by atoms with van der Waals surface area (Å²) in [6.45, 7) is 4.16. The van der Waals surface area contributed by atoms with Crippen molar-refractivity contribution in [2.45, 2.75) is 20.4 Å². The van der Waals surface area contributed by atoms with Gasteiger partial charge < -0.3 is 9.73 Å². The van der Waals surface area contributed by atoms with Gasteiger partial charge in [-0.3, -0.25) is 9.20 Å². The Morgan fingerprint density at radius 3 is 3.00 bits per heavy atom. The largest absolute Gasteiger partial charge is 0.467 e. The number of aromatic nitrogens is 2. The normalized spacial score (nSPS) is 11.0. The molecular weight excluding hydrogens is 334 g/mol. The van der Waals surface area contributed by atoms with Gasteiger partial charge in [-0.25, -0.2) is 4.98 Å². The summed E-state index contributed by atoms with van der Waals surface area (Å²) in [5.41, 5.74) is 3.02. The molecule has 21 heavy (non-hydrogen) atoms. The van der Waals surface area contributed by atoms with Crippen LogP contribution in [0.15, 0.2) is 39.5 Å². The predicted octanol–water partition coefficient (Wildman–Crippen LogP) is 3.24. The highest BCUT2D eigenvalue weighted by molar-refractivity contribution is 9.10. The average Bonchev–Trinajstić information content (AvgIpc) is 3.03. The van der Waals surface area contributed by atoms with Gasteiger partial charge in [0.15, 0.2) is 5.65 Å². The summed E-state index contributed by atoms with van der Waals surface area (Å²) in [7, 11) is 0. The number of hydrogen-bond acceptors (Lipinski definition) is 3. The van der Waals surface area contributed by atoms with Gasteiger partial charge in [0.2, 0.25) is 0 Å². The molecule has 0 aliphatic rings. The first-order chi connectivity index (χ1) is 10.1. The lowest BCUT2D eigenvalue weighted by Gasteiger charge is -2.06.